The van der Waals surface area contributed by atoms with E-state index in [4.69, 9.17) is 17.3 Å². The van der Waals surface area contributed by atoms with Crippen LogP contribution in [-0.2, 0) is 16.6 Å². The third kappa shape index (κ3) is 3.87. The number of nitrogen functional groups attached to an aromatic ring is 1. The number of hydrogen-bond acceptors (Lipinski definition) is 4. The van der Waals surface area contributed by atoms with Crippen molar-refractivity contribution < 1.29 is 8.42 Å². The van der Waals surface area contributed by atoms with Crippen LogP contribution in [0.15, 0.2) is 47.4 Å². The fraction of sp³-hybridized carbons (Fsp3) is 0.143. The summed E-state index contributed by atoms with van der Waals surface area (Å²) >= 11 is 5.83. The summed E-state index contributed by atoms with van der Waals surface area (Å²) < 4.78 is 25.8. The first kappa shape index (κ1) is 15.6. The molecule has 5 nitrogen and oxygen atoms in total. The second-order valence-corrected chi connectivity index (χ2v) is 6.76. The normalized spacial score (nSPS) is 11.3. The minimum atomic E-state index is -3.49. The molecule has 0 bridgehead atoms. The zero-order chi connectivity index (χ0) is 15.5. The van der Waals surface area contributed by atoms with Crippen molar-refractivity contribution in [1.29, 1.82) is 0 Å². The van der Waals surface area contributed by atoms with E-state index in [2.05, 4.69) is 10.0 Å². The highest BCUT2D eigenvalue weighted by molar-refractivity contribution is 7.89. The average Bonchev–Trinajstić information content (AvgIpc) is 2.48. The molecule has 7 heteroatoms. The van der Waals surface area contributed by atoms with Crippen LogP contribution in [0.2, 0.25) is 5.02 Å². The monoisotopic (exact) mass is 325 g/mol. The fourth-order valence-electron chi connectivity index (χ4n) is 1.77. The van der Waals surface area contributed by atoms with Crippen molar-refractivity contribution in [3.63, 3.8) is 0 Å². The van der Waals surface area contributed by atoms with Gasteiger partial charge < -0.3 is 11.1 Å². The van der Waals surface area contributed by atoms with Crippen LogP contribution < -0.4 is 15.8 Å². The molecule has 21 heavy (non-hydrogen) atoms. The van der Waals surface area contributed by atoms with Gasteiger partial charge in [0.2, 0.25) is 10.0 Å². The zero-order valence-electron chi connectivity index (χ0n) is 11.4. The molecule has 0 saturated heterocycles. The lowest BCUT2D eigenvalue weighted by molar-refractivity contribution is 0.588. The highest BCUT2D eigenvalue weighted by Crippen LogP contribution is 2.23. The minimum Gasteiger partial charge on any atom is -0.397 e. The molecule has 0 spiro atoms. The smallest absolute Gasteiger partial charge is 0.240 e. The molecule has 0 amide bonds. The number of nitrogens with one attached hydrogen (secondary N) is 2. The van der Waals surface area contributed by atoms with Gasteiger partial charge in [0.1, 0.15) is 0 Å². The van der Waals surface area contributed by atoms with Gasteiger partial charge in [-0.25, -0.2) is 13.1 Å². The van der Waals surface area contributed by atoms with Crippen molar-refractivity contribution in [2.45, 2.75) is 11.4 Å². The highest BCUT2D eigenvalue weighted by atomic mass is 35.5. The Bertz CT molecular complexity index is 730. The lowest BCUT2D eigenvalue weighted by atomic mass is 10.2. The SMILES string of the molecule is CNS(=O)(=O)c1ccc(N)c(NCc2ccc(Cl)cc2)c1. The first-order valence-corrected chi connectivity index (χ1v) is 8.10. The molecule has 0 aliphatic heterocycles. The number of sulfonamides is 1. The number of anilines is 2. The van der Waals surface area contributed by atoms with Crippen molar-refractivity contribution in [3.05, 3.63) is 53.1 Å². The number of rotatable bonds is 5. The van der Waals surface area contributed by atoms with Crippen LogP contribution >= 0.6 is 11.6 Å². The molecule has 0 atom stereocenters. The summed E-state index contributed by atoms with van der Waals surface area (Å²) in [4.78, 5) is 0.165. The Balaban J connectivity index is 2.20. The molecular weight excluding hydrogens is 310 g/mol. The standard InChI is InChI=1S/C14H16ClN3O2S/c1-17-21(19,20)12-6-7-13(16)14(8-12)18-9-10-2-4-11(15)5-3-10/h2-8,17-18H,9,16H2,1H3. The molecule has 0 saturated carbocycles. The lowest BCUT2D eigenvalue weighted by Gasteiger charge is -2.11. The van der Waals surface area contributed by atoms with Gasteiger partial charge in [-0.05, 0) is 42.9 Å². The van der Waals surface area contributed by atoms with E-state index in [1.807, 2.05) is 12.1 Å². The topological polar surface area (TPSA) is 84.2 Å². The molecule has 0 aliphatic carbocycles. The van der Waals surface area contributed by atoms with Gasteiger partial charge in [0.15, 0.2) is 0 Å². The van der Waals surface area contributed by atoms with Gasteiger partial charge in [-0.2, -0.15) is 0 Å². The number of benzene rings is 2. The number of nitrogens with two attached hydrogens (primary N) is 1. The third-order valence-electron chi connectivity index (χ3n) is 3.00. The fourth-order valence-corrected chi connectivity index (χ4v) is 2.65. The van der Waals surface area contributed by atoms with Crippen LogP contribution in [0.1, 0.15) is 5.56 Å². The molecule has 0 aromatic heterocycles. The summed E-state index contributed by atoms with van der Waals surface area (Å²) in [6.07, 6.45) is 0. The van der Waals surface area contributed by atoms with Gasteiger partial charge in [-0.1, -0.05) is 23.7 Å². The summed E-state index contributed by atoms with van der Waals surface area (Å²) in [6.45, 7) is 0.518. The molecule has 0 unspecified atom stereocenters. The Kier molecular flexibility index (Phi) is 4.72. The largest absolute Gasteiger partial charge is 0.397 e. The van der Waals surface area contributed by atoms with Crippen molar-refractivity contribution in [3.8, 4) is 0 Å². The quantitative estimate of drug-likeness (QED) is 0.737. The maximum Gasteiger partial charge on any atom is 0.240 e. The van der Waals surface area contributed by atoms with E-state index in [0.29, 0.717) is 22.9 Å². The second kappa shape index (κ2) is 6.34. The van der Waals surface area contributed by atoms with E-state index in [9.17, 15) is 8.42 Å². The first-order chi connectivity index (χ1) is 9.92. The Morgan fingerprint density at radius 1 is 1.14 bits per heavy atom. The van der Waals surface area contributed by atoms with Gasteiger partial charge in [0, 0.05) is 11.6 Å². The van der Waals surface area contributed by atoms with E-state index >= 15 is 0 Å². The summed E-state index contributed by atoms with van der Waals surface area (Å²) in [5.41, 5.74) is 7.93. The molecule has 112 valence electrons. The Morgan fingerprint density at radius 3 is 2.43 bits per heavy atom. The van der Waals surface area contributed by atoms with Crippen LogP contribution in [0.5, 0.6) is 0 Å². The lowest BCUT2D eigenvalue weighted by Crippen LogP contribution is -2.18. The number of hydrogen-bond donors (Lipinski definition) is 3. The van der Waals surface area contributed by atoms with Crippen LogP contribution in [0.25, 0.3) is 0 Å². The molecule has 2 aromatic rings. The summed E-state index contributed by atoms with van der Waals surface area (Å²) in [5.74, 6) is 0. The molecular formula is C14H16ClN3O2S. The summed E-state index contributed by atoms with van der Waals surface area (Å²) in [6, 6.07) is 11.9. The molecule has 0 aliphatic rings. The van der Waals surface area contributed by atoms with Crippen molar-refractivity contribution in [2.75, 3.05) is 18.1 Å². The van der Waals surface area contributed by atoms with Gasteiger partial charge in [-0.15, -0.1) is 0 Å². The Labute approximate surface area is 129 Å². The maximum absolute atomic E-state index is 11.8. The first-order valence-electron chi connectivity index (χ1n) is 6.24. The van der Waals surface area contributed by atoms with Gasteiger partial charge >= 0.3 is 0 Å². The van der Waals surface area contributed by atoms with Crippen LogP contribution in [0.3, 0.4) is 0 Å². The second-order valence-electron chi connectivity index (χ2n) is 4.44. The van der Waals surface area contributed by atoms with Crippen molar-refractivity contribution in [2.24, 2.45) is 0 Å². The van der Waals surface area contributed by atoms with Crippen LogP contribution in [-0.4, -0.2) is 15.5 Å². The van der Waals surface area contributed by atoms with E-state index in [1.54, 1.807) is 18.2 Å². The molecule has 0 heterocycles. The van der Waals surface area contributed by atoms with Gasteiger partial charge in [-0.3, -0.25) is 0 Å². The van der Waals surface area contributed by atoms with Crippen LogP contribution in [0, 0.1) is 0 Å². The highest BCUT2D eigenvalue weighted by Gasteiger charge is 2.13. The van der Waals surface area contributed by atoms with Crippen LogP contribution in [0.4, 0.5) is 11.4 Å². The van der Waals surface area contributed by atoms with Gasteiger partial charge in [0.05, 0.1) is 16.3 Å². The molecule has 0 fully saturated rings. The Morgan fingerprint density at radius 2 is 1.81 bits per heavy atom. The molecule has 2 rings (SSSR count). The van der Waals surface area contributed by atoms with Gasteiger partial charge in [0.25, 0.3) is 0 Å². The predicted molar refractivity (Wildman–Crippen MR) is 85.9 cm³/mol. The maximum atomic E-state index is 11.8. The predicted octanol–water partition coefficient (Wildman–Crippen LogP) is 2.44. The average molecular weight is 326 g/mol. The Hall–Kier alpha value is -1.76. The zero-order valence-corrected chi connectivity index (χ0v) is 13.0. The summed E-state index contributed by atoms with van der Waals surface area (Å²) in [7, 11) is -2.12. The minimum absolute atomic E-state index is 0.165. The van der Waals surface area contributed by atoms with E-state index < -0.39 is 10.0 Å². The van der Waals surface area contributed by atoms with E-state index in [1.165, 1.54) is 19.2 Å². The summed E-state index contributed by atoms with van der Waals surface area (Å²) in [5, 5.41) is 3.79. The van der Waals surface area contributed by atoms with E-state index in [0.717, 1.165) is 5.56 Å². The van der Waals surface area contributed by atoms with Crippen molar-refractivity contribution in [1.82, 2.24) is 4.72 Å². The van der Waals surface area contributed by atoms with Crippen molar-refractivity contribution >= 4 is 33.0 Å². The molecule has 0 radical (unpaired) electrons. The third-order valence-corrected chi connectivity index (χ3v) is 4.66. The molecule has 4 N–H and O–H groups in total. The van der Waals surface area contributed by atoms with E-state index in [-0.39, 0.29) is 4.90 Å². The molecule has 2 aromatic carbocycles. The number of halogens is 1.